The highest BCUT2D eigenvalue weighted by Gasteiger charge is 2.31. The summed E-state index contributed by atoms with van der Waals surface area (Å²) in [4.78, 5) is 13.9. The highest BCUT2D eigenvalue weighted by atomic mass is 19.1. The number of nitrogens with zero attached hydrogens (tertiary/aromatic N) is 3. The lowest BCUT2D eigenvalue weighted by Gasteiger charge is -2.26. The normalized spacial score (nSPS) is 19.5. The van der Waals surface area contributed by atoms with Gasteiger partial charge in [0, 0.05) is 61.3 Å². The van der Waals surface area contributed by atoms with Gasteiger partial charge in [-0.25, -0.2) is 4.39 Å². The van der Waals surface area contributed by atoms with Crippen LogP contribution in [0.25, 0.3) is 27.5 Å². The molecule has 0 spiro atoms. The minimum atomic E-state index is -0.236. The predicted molar refractivity (Wildman–Crippen MR) is 130 cm³/mol. The lowest BCUT2D eigenvalue weighted by molar-refractivity contribution is -0.127. The molecule has 1 N–H and O–H groups in total. The van der Waals surface area contributed by atoms with E-state index < -0.39 is 0 Å². The fourth-order valence-corrected chi connectivity index (χ4v) is 5.87. The van der Waals surface area contributed by atoms with Crippen LogP contribution in [0, 0.1) is 11.7 Å². The average Bonchev–Trinajstić information content (AvgIpc) is 3.57. The van der Waals surface area contributed by atoms with E-state index in [9.17, 15) is 9.18 Å². The van der Waals surface area contributed by atoms with Gasteiger partial charge in [-0.15, -0.1) is 0 Å². The molecule has 0 saturated carbocycles. The van der Waals surface area contributed by atoms with Crippen LogP contribution in [0.1, 0.15) is 43.4 Å². The average molecular weight is 461 g/mol. The van der Waals surface area contributed by atoms with Crippen molar-refractivity contribution in [3.05, 3.63) is 59.7 Å². The molecule has 1 amide bonds. The van der Waals surface area contributed by atoms with Crippen LogP contribution in [0.2, 0.25) is 0 Å². The van der Waals surface area contributed by atoms with Gasteiger partial charge < -0.3 is 14.2 Å². The molecule has 6 rings (SSSR count). The molecule has 2 saturated heterocycles. The molecule has 2 aromatic heterocycles. The van der Waals surface area contributed by atoms with Gasteiger partial charge in [-0.3, -0.25) is 9.89 Å². The molecule has 2 aliphatic rings. The van der Waals surface area contributed by atoms with Crippen molar-refractivity contribution in [1.82, 2.24) is 19.7 Å². The van der Waals surface area contributed by atoms with Crippen LogP contribution >= 0.6 is 0 Å². The molecule has 0 unspecified atom stereocenters. The van der Waals surface area contributed by atoms with Crippen molar-refractivity contribution in [3.8, 4) is 5.69 Å². The molecule has 4 aromatic rings. The summed E-state index contributed by atoms with van der Waals surface area (Å²) in [6, 6.07) is 11.2. The molecule has 2 aliphatic heterocycles. The van der Waals surface area contributed by atoms with Crippen molar-refractivity contribution in [1.29, 1.82) is 0 Å². The Morgan fingerprint density at radius 2 is 1.97 bits per heavy atom. The van der Waals surface area contributed by atoms with Crippen LogP contribution < -0.4 is 0 Å². The molecule has 0 radical (unpaired) electrons. The van der Waals surface area contributed by atoms with E-state index in [-0.39, 0.29) is 11.7 Å². The molecule has 6 nitrogen and oxygen atoms in total. The number of fused-ring (bicyclic) bond motifs is 2. The van der Waals surface area contributed by atoms with Gasteiger partial charge in [0.05, 0.1) is 17.2 Å². The number of carbonyl (C=O) groups excluding carboxylic acids is 1. The van der Waals surface area contributed by atoms with E-state index in [1.54, 1.807) is 6.92 Å². The molecular formula is C27H29FN4O2. The number of carbonyl (C=O) groups is 1. The summed E-state index contributed by atoms with van der Waals surface area (Å²) < 4.78 is 21.9. The van der Waals surface area contributed by atoms with Crippen LogP contribution in [0.3, 0.4) is 0 Å². The first-order chi connectivity index (χ1) is 16.6. The van der Waals surface area contributed by atoms with Gasteiger partial charge in [0.25, 0.3) is 0 Å². The first-order valence-corrected chi connectivity index (χ1v) is 12.2. The maximum absolute atomic E-state index is 13.8. The Balaban J connectivity index is 1.57. The van der Waals surface area contributed by atoms with Gasteiger partial charge in [0.1, 0.15) is 5.82 Å². The van der Waals surface area contributed by atoms with Gasteiger partial charge in [-0.1, -0.05) is 0 Å². The fraction of sp³-hybridized carbons (Fsp3) is 0.407. The minimum absolute atomic E-state index is 0.153. The van der Waals surface area contributed by atoms with Crippen LogP contribution in [-0.2, 0) is 16.0 Å². The number of H-pyrrole nitrogens is 1. The van der Waals surface area contributed by atoms with Crippen LogP contribution in [0.15, 0.2) is 42.6 Å². The maximum Gasteiger partial charge on any atom is 0.219 e. The minimum Gasteiger partial charge on any atom is -0.381 e. The first-order valence-electron chi connectivity index (χ1n) is 12.2. The zero-order valence-corrected chi connectivity index (χ0v) is 19.4. The number of ether oxygens (including phenoxy) is 1. The number of halogens is 1. The Kier molecular flexibility index (Phi) is 5.37. The van der Waals surface area contributed by atoms with Crippen LogP contribution in [-0.4, -0.2) is 51.9 Å². The van der Waals surface area contributed by atoms with Gasteiger partial charge in [0.2, 0.25) is 5.91 Å². The number of likely N-dealkylation sites (tertiary alicyclic amines) is 1. The van der Waals surface area contributed by atoms with E-state index >= 15 is 0 Å². The van der Waals surface area contributed by atoms with E-state index in [1.807, 2.05) is 23.2 Å². The van der Waals surface area contributed by atoms with Crippen molar-refractivity contribution in [2.24, 2.45) is 5.92 Å². The number of amides is 1. The molecule has 34 heavy (non-hydrogen) atoms. The fourth-order valence-electron chi connectivity index (χ4n) is 5.87. The van der Waals surface area contributed by atoms with Crippen molar-refractivity contribution in [2.75, 3.05) is 26.3 Å². The number of rotatable bonds is 4. The summed E-state index contributed by atoms with van der Waals surface area (Å²) in [5.41, 5.74) is 5.77. The standard InChI is InChI=1S/C27H29FN4O2/c1-17(33)31-9-6-18(16-31)12-24-23-14-25-20(15-29-30-25)13-26(23)32(22-4-2-21(28)3-5-22)27(24)19-7-10-34-11-8-19/h2-5,13-15,18-19H,6-12,16H2,1H3,(H,29,30)/t18-/m1/s1. The number of benzene rings is 2. The summed E-state index contributed by atoms with van der Waals surface area (Å²) in [5, 5.41) is 9.65. The molecule has 4 heterocycles. The molecule has 1 atom stereocenters. The number of hydrogen-bond acceptors (Lipinski definition) is 3. The lowest BCUT2D eigenvalue weighted by atomic mass is 9.88. The summed E-state index contributed by atoms with van der Waals surface area (Å²) in [7, 11) is 0. The smallest absolute Gasteiger partial charge is 0.219 e. The first kappa shape index (κ1) is 21.4. The molecule has 0 bridgehead atoms. The van der Waals surface area contributed by atoms with Gasteiger partial charge in [-0.05, 0) is 73.6 Å². The lowest BCUT2D eigenvalue weighted by Crippen LogP contribution is -2.26. The van der Waals surface area contributed by atoms with Gasteiger partial charge >= 0.3 is 0 Å². The second-order valence-electron chi connectivity index (χ2n) is 9.71. The Labute approximate surface area is 197 Å². The number of nitrogens with one attached hydrogen (secondary N) is 1. The molecule has 176 valence electrons. The molecule has 2 aromatic carbocycles. The zero-order chi connectivity index (χ0) is 23.2. The second-order valence-corrected chi connectivity index (χ2v) is 9.71. The van der Waals surface area contributed by atoms with E-state index in [4.69, 9.17) is 4.74 Å². The third kappa shape index (κ3) is 3.68. The van der Waals surface area contributed by atoms with E-state index in [0.29, 0.717) is 11.8 Å². The number of aromatic nitrogens is 3. The Hall–Kier alpha value is -3.19. The molecule has 2 fully saturated rings. The monoisotopic (exact) mass is 460 g/mol. The third-order valence-corrected chi connectivity index (χ3v) is 7.59. The van der Waals surface area contributed by atoms with Gasteiger partial charge in [0.15, 0.2) is 0 Å². The highest BCUT2D eigenvalue weighted by molar-refractivity contribution is 5.98. The summed E-state index contributed by atoms with van der Waals surface area (Å²) in [6.07, 6.45) is 5.72. The van der Waals surface area contributed by atoms with Crippen LogP contribution in [0.4, 0.5) is 4.39 Å². The quantitative estimate of drug-likeness (QED) is 0.469. The summed E-state index contributed by atoms with van der Waals surface area (Å²) >= 11 is 0. The zero-order valence-electron chi connectivity index (χ0n) is 19.4. The van der Waals surface area contributed by atoms with Crippen molar-refractivity contribution < 1.29 is 13.9 Å². The van der Waals surface area contributed by atoms with E-state index in [0.717, 1.165) is 74.1 Å². The summed E-state index contributed by atoms with van der Waals surface area (Å²) in [6.45, 7) is 4.79. The van der Waals surface area contributed by atoms with Crippen molar-refractivity contribution in [3.63, 3.8) is 0 Å². The Morgan fingerprint density at radius 1 is 1.18 bits per heavy atom. The van der Waals surface area contributed by atoms with Gasteiger partial charge in [-0.2, -0.15) is 5.10 Å². The molecular weight excluding hydrogens is 431 g/mol. The van der Waals surface area contributed by atoms with Crippen molar-refractivity contribution in [2.45, 2.75) is 38.5 Å². The number of hydrogen-bond donors (Lipinski definition) is 1. The highest BCUT2D eigenvalue weighted by Crippen LogP contribution is 2.41. The Morgan fingerprint density at radius 3 is 2.71 bits per heavy atom. The SMILES string of the molecule is CC(=O)N1CC[C@H](Cc2c(C3CCOCC3)n(-c3ccc(F)cc3)c3cc4cn[nH]c4cc23)C1. The molecule has 0 aliphatic carbocycles. The molecule has 7 heteroatoms. The van der Waals surface area contributed by atoms with E-state index in [1.165, 1.54) is 28.8 Å². The summed E-state index contributed by atoms with van der Waals surface area (Å²) in [5.74, 6) is 0.704. The Bertz CT molecular complexity index is 1350. The number of aromatic amines is 1. The topological polar surface area (TPSA) is 63.1 Å². The van der Waals surface area contributed by atoms with Crippen molar-refractivity contribution >= 4 is 27.7 Å². The third-order valence-electron chi connectivity index (χ3n) is 7.59. The second kappa shape index (κ2) is 8.55. The van der Waals surface area contributed by atoms with E-state index in [2.05, 4.69) is 26.9 Å². The maximum atomic E-state index is 13.8. The predicted octanol–water partition coefficient (Wildman–Crippen LogP) is 4.95. The van der Waals surface area contributed by atoms with Crippen LogP contribution in [0.5, 0.6) is 0 Å². The largest absolute Gasteiger partial charge is 0.381 e.